The van der Waals surface area contributed by atoms with Crippen LogP contribution in [0.5, 0.6) is 0 Å². The van der Waals surface area contributed by atoms with Gasteiger partial charge in [-0.25, -0.2) is 0 Å². The van der Waals surface area contributed by atoms with Crippen molar-refractivity contribution in [1.82, 2.24) is 0 Å². The van der Waals surface area contributed by atoms with Crippen LogP contribution in [0, 0.1) is 10.1 Å². The van der Waals surface area contributed by atoms with E-state index in [-0.39, 0.29) is 0 Å². The number of nitrogens with zero attached hydrogens (tertiary/aromatic N) is 3. The summed E-state index contributed by atoms with van der Waals surface area (Å²) in [7, 11) is 9.76. The van der Waals surface area contributed by atoms with Crippen molar-refractivity contribution in [3.05, 3.63) is 45.5 Å². The van der Waals surface area contributed by atoms with Gasteiger partial charge in [-0.15, -0.1) is 10.1 Å². The monoisotopic (exact) mass is 594 g/mol. The largest absolute Gasteiger partial charge is 0.328 e. The molecule has 1 N–H and O–H groups in total. The highest BCUT2D eigenvalue weighted by atomic mass is 16.9. The lowest BCUT2D eigenvalue weighted by Crippen LogP contribution is -2.42. The maximum absolute atomic E-state index is 8.36. The number of quaternary nitrogens is 2. The van der Waals surface area contributed by atoms with Crippen molar-refractivity contribution in [2.24, 2.45) is 0 Å². The number of benzene rings is 1. The molecule has 0 spiro atoms. The lowest BCUT2D eigenvalue weighted by Gasteiger charge is -2.33. The third-order valence-corrected chi connectivity index (χ3v) is 8.55. The fourth-order valence-electron chi connectivity index (χ4n) is 6.00. The average molecular weight is 594 g/mol. The Balaban J connectivity index is 0.00000393. The summed E-state index contributed by atoms with van der Waals surface area (Å²) in [5.74, 6) is 0. The summed E-state index contributed by atoms with van der Waals surface area (Å²) < 4.78 is 2.22. The molecule has 0 radical (unpaired) electrons. The predicted molar refractivity (Wildman–Crippen MR) is 180 cm³/mol. The molecule has 1 aromatic carbocycles. The number of hydrogen-bond acceptors (Lipinski definition) is 2. The van der Waals surface area contributed by atoms with Crippen LogP contribution in [0.4, 0.5) is 0 Å². The molecule has 1 aromatic rings. The van der Waals surface area contributed by atoms with Crippen molar-refractivity contribution < 1.29 is 19.3 Å². The van der Waals surface area contributed by atoms with E-state index in [0.29, 0.717) is 0 Å². The molecule has 0 saturated heterocycles. The van der Waals surface area contributed by atoms with Gasteiger partial charge in [-0.1, -0.05) is 141 Å². The second kappa shape index (κ2) is 25.8. The lowest BCUT2D eigenvalue weighted by atomic mass is 10.0. The zero-order chi connectivity index (χ0) is 31.5. The summed E-state index contributed by atoms with van der Waals surface area (Å²) in [4.78, 5) is 8.36. The van der Waals surface area contributed by atoms with Crippen LogP contribution in [0.15, 0.2) is 24.3 Å². The fourth-order valence-corrected chi connectivity index (χ4v) is 6.00. The summed E-state index contributed by atoms with van der Waals surface area (Å²) in [6, 6.07) is 9.30. The molecule has 0 fully saturated rings. The molecule has 1 rings (SSSR count). The molecule has 42 heavy (non-hydrogen) atoms. The summed E-state index contributed by atoms with van der Waals surface area (Å²) in [5.41, 5.74) is 3.14. The molecule has 0 amide bonds. The van der Waals surface area contributed by atoms with E-state index in [1.165, 1.54) is 142 Å². The van der Waals surface area contributed by atoms with E-state index in [2.05, 4.69) is 66.3 Å². The van der Waals surface area contributed by atoms with Crippen LogP contribution in [0.25, 0.3) is 0 Å². The summed E-state index contributed by atoms with van der Waals surface area (Å²) >= 11 is 0. The smallest absolute Gasteiger partial charge is 0.291 e. The van der Waals surface area contributed by atoms with Crippen molar-refractivity contribution in [1.29, 1.82) is 0 Å². The van der Waals surface area contributed by atoms with Gasteiger partial charge in [0.2, 0.25) is 0 Å². The van der Waals surface area contributed by atoms with Crippen LogP contribution in [0.2, 0.25) is 0 Å². The highest BCUT2D eigenvalue weighted by Gasteiger charge is 2.22. The molecule has 0 aliphatic rings. The highest BCUT2D eigenvalue weighted by Crippen LogP contribution is 2.21. The minimum Gasteiger partial charge on any atom is -0.328 e. The summed E-state index contributed by atoms with van der Waals surface area (Å²) in [5, 5.41) is 13.6. The molecule has 0 unspecified atom stereocenters. The molecule has 246 valence electrons. The van der Waals surface area contributed by atoms with Crippen LogP contribution >= 0.6 is 0 Å². The van der Waals surface area contributed by atoms with Crippen LogP contribution in [-0.2, 0) is 13.1 Å². The minimum absolute atomic E-state index is 1.11. The Morgan fingerprint density at radius 2 is 0.786 bits per heavy atom. The van der Waals surface area contributed by atoms with E-state index in [1.807, 2.05) is 0 Å². The molecule has 0 atom stereocenters. The topological polar surface area (TPSA) is 63.4 Å². The van der Waals surface area contributed by atoms with E-state index in [0.717, 1.165) is 22.1 Å². The van der Waals surface area contributed by atoms with Gasteiger partial charge in [0.25, 0.3) is 5.09 Å². The van der Waals surface area contributed by atoms with Crippen molar-refractivity contribution in [3.63, 3.8) is 0 Å². The molecule has 0 aliphatic heterocycles. The van der Waals surface area contributed by atoms with Crippen LogP contribution in [-0.4, -0.2) is 60.5 Å². The van der Waals surface area contributed by atoms with Gasteiger partial charge in [0.05, 0.1) is 41.3 Å². The van der Waals surface area contributed by atoms with Gasteiger partial charge < -0.3 is 14.2 Å². The molecule has 6 nitrogen and oxygen atoms in total. The lowest BCUT2D eigenvalue weighted by molar-refractivity contribution is -0.907. The predicted octanol–water partition coefficient (Wildman–Crippen LogP) is 10.3. The van der Waals surface area contributed by atoms with Gasteiger partial charge in [-0.05, 0) is 25.7 Å². The first-order chi connectivity index (χ1) is 20.0. The van der Waals surface area contributed by atoms with Crippen LogP contribution in [0.3, 0.4) is 0 Å². The second-order valence-corrected chi connectivity index (χ2v) is 14.0. The van der Waals surface area contributed by atoms with Crippen LogP contribution < -0.4 is 0 Å². The molecule has 0 aliphatic carbocycles. The van der Waals surface area contributed by atoms with Gasteiger partial charge in [-0.2, -0.15) is 0 Å². The third-order valence-electron chi connectivity index (χ3n) is 8.55. The van der Waals surface area contributed by atoms with Gasteiger partial charge in [-0.3, -0.25) is 0 Å². The quantitative estimate of drug-likeness (QED) is 0.0503. The number of unbranched alkanes of at least 4 members (excludes halogenated alkanes) is 18. The molecular formula is C36H71N3O3+2. The summed E-state index contributed by atoms with van der Waals surface area (Å²) in [6.45, 7) is 9.51. The van der Waals surface area contributed by atoms with E-state index < -0.39 is 5.09 Å². The van der Waals surface area contributed by atoms with Crippen molar-refractivity contribution >= 4 is 0 Å². The average Bonchev–Trinajstić information content (AvgIpc) is 2.91. The zero-order valence-corrected chi connectivity index (χ0v) is 28.9. The minimum atomic E-state index is -1.50. The van der Waals surface area contributed by atoms with Gasteiger partial charge >= 0.3 is 0 Å². The number of hydrogen-bond donors (Lipinski definition) is 1. The maximum Gasteiger partial charge on any atom is 0.291 e. The Labute approximate surface area is 261 Å². The number of rotatable bonds is 26. The first-order valence-corrected chi connectivity index (χ1v) is 17.6. The standard InChI is InChI=1S/C36H70N2.HNO3/c1-7-9-11-13-15-17-19-21-23-27-31-37(3,4)33-35-29-25-26-30-36(35)34-38(5,6)32-28-24-22-20-18-16-14-12-10-8-2;2-1(3)4/h25-26,29-30H,7-24,27-28,31-34H2,1-6H3;(H,2,3,4)/q+2;. The molecule has 0 aromatic heterocycles. The Morgan fingerprint density at radius 3 is 1.05 bits per heavy atom. The Hall–Kier alpha value is -1.66. The van der Waals surface area contributed by atoms with E-state index >= 15 is 0 Å². The van der Waals surface area contributed by atoms with Crippen molar-refractivity contribution in [3.8, 4) is 0 Å². The second-order valence-electron chi connectivity index (χ2n) is 14.0. The van der Waals surface area contributed by atoms with Gasteiger partial charge in [0.1, 0.15) is 13.1 Å². The Bertz CT molecular complexity index is 706. The molecule has 0 heterocycles. The normalized spacial score (nSPS) is 11.8. The molecule has 0 saturated carbocycles. The van der Waals surface area contributed by atoms with Gasteiger partial charge in [0, 0.05) is 11.1 Å². The highest BCUT2D eigenvalue weighted by molar-refractivity contribution is 5.25. The molecule has 0 bridgehead atoms. The van der Waals surface area contributed by atoms with E-state index in [9.17, 15) is 0 Å². The third kappa shape index (κ3) is 26.0. The maximum atomic E-state index is 8.36. The van der Waals surface area contributed by atoms with Crippen LogP contribution in [0.1, 0.15) is 153 Å². The first-order valence-electron chi connectivity index (χ1n) is 17.6. The first kappa shape index (κ1) is 40.3. The summed E-state index contributed by atoms with van der Waals surface area (Å²) in [6.07, 6.45) is 28.4. The van der Waals surface area contributed by atoms with E-state index in [4.69, 9.17) is 15.3 Å². The molecule has 6 heteroatoms. The van der Waals surface area contributed by atoms with E-state index in [1.54, 1.807) is 11.1 Å². The Morgan fingerprint density at radius 1 is 0.548 bits per heavy atom. The van der Waals surface area contributed by atoms with Gasteiger partial charge in [0.15, 0.2) is 0 Å². The fraction of sp³-hybridized carbons (Fsp3) is 0.833. The Kier molecular flexibility index (Phi) is 24.8. The van der Waals surface area contributed by atoms with Crippen molar-refractivity contribution in [2.45, 2.75) is 155 Å². The zero-order valence-electron chi connectivity index (χ0n) is 28.9. The molecular weight excluding hydrogens is 522 g/mol. The van der Waals surface area contributed by atoms with Crippen molar-refractivity contribution in [2.75, 3.05) is 41.3 Å². The SMILES string of the molecule is CCCCCCCCCCCC[N+](C)(C)Cc1ccccc1C[N+](C)(C)CCCCCCCCCCCC.O=[N+]([O-])O.